The summed E-state index contributed by atoms with van der Waals surface area (Å²) in [7, 11) is 1.70. The molecule has 2 rings (SSSR count). The first-order valence-corrected chi connectivity index (χ1v) is 6.10. The van der Waals surface area contributed by atoms with Gasteiger partial charge in [0.05, 0.1) is 7.11 Å². The van der Waals surface area contributed by atoms with Crippen LogP contribution in [-0.2, 0) is 0 Å². The van der Waals surface area contributed by atoms with E-state index in [1.165, 1.54) is 18.4 Å². The summed E-state index contributed by atoms with van der Waals surface area (Å²) in [4.78, 5) is 0. The van der Waals surface area contributed by atoms with Crippen molar-refractivity contribution in [1.29, 1.82) is 0 Å². The van der Waals surface area contributed by atoms with Crippen molar-refractivity contribution in [3.8, 4) is 5.75 Å². The lowest BCUT2D eigenvalue weighted by molar-refractivity contribution is 0.413. The first-order valence-electron chi connectivity index (χ1n) is 6.10. The maximum absolute atomic E-state index is 5.16. The molecule has 2 unspecified atom stereocenters. The zero-order valence-electron chi connectivity index (χ0n) is 10.4. The van der Waals surface area contributed by atoms with Crippen LogP contribution in [-0.4, -0.2) is 13.2 Å². The van der Waals surface area contributed by atoms with Gasteiger partial charge in [0.1, 0.15) is 5.75 Å². The second-order valence-corrected chi connectivity index (χ2v) is 4.79. The third kappa shape index (κ3) is 2.76. The van der Waals surface area contributed by atoms with Gasteiger partial charge < -0.3 is 10.1 Å². The molecule has 0 aliphatic heterocycles. The van der Waals surface area contributed by atoms with E-state index in [1.54, 1.807) is 7.11 Å². The molecule has 2 atom stereocenters. The zero-order valence-corrected chi connectivity index (χ0v) is 10.4. The van der Waals surface area contributed by atoms with Crippen LogP contribution in [0, 0.1) is 5.92 Å². The van der Waals surface area contributed by atoms with E-state index in [0.717, 1.165) is 11.7 Å². The largest absolute Gasteiger partial charge is 0.497 e. The Bertz CT molecular complexity index is 329. The molecule has 0 spiro atoms. The first-order chi connectivity index (χ1) is 7.70. The number of methoxy groups -OCH3 is 1. The minimum absolute atomic E-state index is 0.418. The Kier molecular flexibility index (Phi) is 3.49. The Labute approximate surface area is 98.0 Å². The third-order valence-corrected chi connectivity index (χ3v) is 3.46. The molecule has 0 bridgehead atoms. The van der Waals surface area contributed by atoms with Gasteiger partial charge in [-0.3, -0.25) is 0 Å². The SMILES string of the molecule is COc1ccc(C(C)NC(C)C2CC2)cc1. The molecule has 0 aromatic heterocycles. The molecule has 1 aliphatic rings. The summed E-state index contributed by atoms with van der Waals surface area (Å²) in [5.41, 5.74) is 1.33. The van der Waals surface area contributed by atoms with Crippen LogP contribution < -0.4 is 10.1 Å². The number of nitrogens with one attached hydrogen (secondary N) is 1. The number of benzene rings is 1. The van der Waals surface area contributed by atoms with E-state index < -0.39 is 0 Å². The maximum atomic E-state index is 5.16. The molecule has 2 heteroatoms. The fourth-order valence-corrected chi connectivity index (χ4v) is 2.12. The van der Waals surface area contributed by atoms with E-state index in [0.29, 0.717) is 12.1 Å². The Morgan fingerprint density at radius 3 is 2.31 bits per heavy atom. The molecule has 1 saturated carbocycles. The van der Waals surface area contributed by atoms with E-state index in [-0.39, 0.29) is 0 Å². The highest BCUT2D eigenvalue weighted by molar-refractivity contribution is 5.28. The predicted molar refractivity (Wildman–Crippen MR) is 66.7 cm³/mol. The Morgan fingerprint density at radius 1 is 1.19 bits per heavy atom. The molecule has 1 aromatic rings. The van der Waals surface area contributed by atoms with Crippen LogP contribution in [0.25, 0.3) is 0 Å². The van der Waals surface area contributed by atoms with Gasteiger partial charge in [0.2, 0.25) is 0 Å². The Morgan fingerprint density at radius 2 is 1.81 bits per heavy atom. The molecule has 1 fully saturated rings. The highest BCUT2D eigenvalue weighted by atomic mass is 16.5. The van der Waals surface area contributed by atoms with Gasteiger partial charge in [-0.2, -0.15) is 0 Å². The summed E-state index contributed by atoms with van der Waals surface area (Å²) >= 11 is 0. The van der Waals surface area contributed by atoms with E-state index in [9.17, 15) is 0 Å². The van der Waals surface area contributed by atoms with Crippen molar-refractivity contribution < 1.29 is 4.74 Å². The second-order valence-electron chi connectivity index (χ2n) is 4.79. The summed E-state index contributed by atoms with van der Waals surface area (Å²) in [6.07, 6.45) is 2.78. The highest BCUT2D eigenvalue weighted by Crippen LogP contribution is 2.33. The molecular formula is C14H21NO. The molecule has 0 saturated heterocycles. The number of hydrogen-bond donors (Lipinski definition) is 1. The lowest BCUT2D eigenvalue weighted by Crippen LogP contribution is -2.30. The number of ether oxygens (including phenoxy) is 1. The summed E-state index contributed by atoms with van der Waals surface area (Å²) in [5.74, 6) is 1.83. The lowest BCUT2D eigenvalue weighted by Gasteiger charge is -2.20. The van der Waals surface area contributed by atoms with Crippen molar-refractivity contribution in [2.24, 2.45) is 5.92 Å². The normalized spacial score (nSPS) is 19.2. The van der Waals surface area contributed by atoms with Gasteiger partial charge in [0, 0.05) is 12.1 Å². The van der Waals surface area contributed by atoms with Crippen LogP contribution in [0.1, 0.15) is 38.3 Å². The Balaban J connectivity index is 1.93. The van der Waals surface area contributed by atoms with E-state index in [2.05, 4.69) is 31.3 Å². The first kappa shape index (κ1) is 11.5. The standard InChI is InChI=1S/C14H21NO/c1-10(12-4-5-12)15-11(2)13-6-8-14(16-3)9-7-13/h6-12,15H,4-5H2,1-3H3. The molecule has 16 heavy (non-hydrogen) atoms. The fourth-order valence-electron chi connectivity index (χ4n) is 2.12. The third-order valence-electron chi connectivity index (χ3n) is 3.46. The predicted octanol–water partition coefficient (Wildman–Crippen LogP) is 3.14. The van der Waals surface area contributed by atoms with Crippen molar-refractivity contribution >= 4 is 0 Å². The van der Waals surface area contributed by atoms with Crippen LogP contribution >= 0.6 is 0 Å². The zero-order chi connectivity index (χ0) is 11.5. The van der Waals surface area contributed by atoms with Crippen LogP contribution in [0.3, 0.4) is 0 Å². The minimum atomic E-state index is 0.418. The van der Waals surface area contributed by atoms with Gasteiger partial charge in [-0.15, -0.1) is 0 Å². The summed E-state index contributed by atoms with van der Waals surface area (Å²) < 4.78 is 5.16. The summed E-state index contributed by atoms with van der Waals surface area (Å²) in [5, 5.41) is 3.65. The van der Waals surface area contributed by atoms with Crippen molar-refractivity contribution in [1.82, 2.24) is 5.32 Å². The minimum Gasteiger partial charge on any atom is -0.497 e. The lowest BCUT2D eigenvalue weighted by atomic mass is 10.1. The average molecular weight is 219 g/mol. The van der Waals surface area contributed by atoms with Crippen LogP contribution in [0.2, 0.25) is 0 Å². The van der Waals surface area contributed by atoms with Crippen LogP contribution in [0.5, 0.6) is 5.75 Å². The quantitative estimate of drug-likeness (QED) is 0.821. The van der Waals surface area contributed by atoms with E-state index in [1.807, 2.05) is 12.1 Å². The molecule has 2 nitrogen and oxygen atoms in total. The van der Waals surface area contributed by atoms with Crippen molar-refractivity contribution in [3.05, 3.63) is 29.8 Å². The smallest absolute Gasteiger partial charge is 0.118 e. The average Bonchev–Trinajstić information content (AvgIpc) is 3.13. The van der Waals surface area contributed by atoms with Gasteiger partial charge in [0.15, 0.2) is 0 Å². The molecule has 1 aromatic carbocycles. The van der Waals surface area contributed by atoms with Gasteiger partial charge in [-0.25, -0.2) is 0 Å². The maximum Gasteiger partial charge on any atom is 0.118 e. The van der Waals surface area contributed by atoms with Gasteiger partial charge in [-0.1, -0.05) is 12.1 Å². The monoisotopic (exact) mass is 219 g/mol. The Hall–Kier alpha value is -1.02. The van der Waals surface area contributed by atoms with Crippen molar-refractivity contribution in [3.63, 3.8) is 0 Å². The molecule has 88 valence electrons. The van der Waals surface area contributed by atoms with Crippen molar-refractivity contribution in [2.75, 3.05) is 7.11 Å². The summed E-state index contributed by atoms with van der Waals surface area (Å²) in [6.45, 7) is 4.51. The number of rotatable bonds is 5. The van der Waals surface area contributed by atoms with Gasteiger partial charge >= 0.3 is 0 Å². The number of hydrogen-bond acceptors (Lipinski definition) is 2. The molecule has 0 heterocycles. The van der Waals surface area contributed by atoms with Crippen molar-refractivity contribution in [2.45, 2.75) is 38.8 Å². The van der Waals surface area contributed by atoms with Gasteiger partial charge in [-0.05, 0) is 50.3 Å². The fraction of sp³-hybridized carbons (Fsp3) is 0.571. The van der Waals surface area contributed by atoms with Crippen LogP contribution in [0.4, 0.5) is 0 Å². The second kappa shape index (κ2) is 4.88. The molecule has 0 amide bonds. The highest BCUT2D eigenvalue weighted by Gasteiger charge is 2.28. The van der Waals surface area contributed by atoms with E-state index in [4.69, 9.17) is 4.74 Å². The van der Waals surface area contributed by atoms with Crippen LogP contribution in [0.15, 0.2) is 24.3 Å². The van der Waals surface area contributed by atoms with E-state index >= 15 is 0 Å². The molecule has 1 aliphatic carbocycles. The molecular weight excluding hydrogens is 198 g/mol. The van der Waals surface area contributed by atoms with Gasteiger partial charge in [0.25, 0.3) is 0 Å². The molecule has 0 radical (unpaired) electrons. The topological polar surface area (TPSA) is 21.3 Å². The summed E-state index contributed by atoms with van der Waals surface area (Å²) in [6, 6.07) is 9.37. The molecule has 1 N–H and O–H groups in total.